The lowest BCUT2D eigenvalue weighted by molar-refractivity contribution is 0.0832. The van der Waals surface area contributed by atoms with Gasteiger partial charge in [-0.25, -0.2) is 0 Å². The molecule has 3 aromatic heterocycles. The van der Waals surface area contributed by atoms with Gasteiger partial charge in [-0.05, 0) is 140 Å². The van der Waals surface area contributed by atoms with Crippen LogP contribution in [-0.4, -0.2) is 14.2 Å². The van der Waals surface area contributed by atoms with Crippen LogP contribution in [0.3, 0.4) is 0 Å². The van der Waals surface area contributed by atoms with Crippen LogP contribution in [0.1, 0.15) is 16.7 Å². The van der Waals surface area contributed by atoms with Crippen molar-refractivity contribution in [1.82, 2.24) is 14.2 Å². The molecule has 0 N–H and O–H groups in total. The van der Waals surface area contributed by atoms with Crippen molar-refractivity contribution in [3.63, 3.8) is 0 Å². The Labute approximate surface area is 364 Å². The van der Waals surface area contributed by atoms with E-state index in [1.807, 2.05) is 148 Å². The molecule has 0 amide bonds. The summed E-state index contributed by atoms with van der Waals surface area (Å²) in [6, 6.07) is 44.8. The molecule has 9 aromatic rings. The van der Waals surface area contributed by atoms with Crippen LogP contribution in [0.15, 0.2) is 159 Å². The predicted octanol–water partition coefficient (Wildman–Crippen LogP) is 13.9. The highest BCUT2D eigenvalue weighted by atomic mass is 79.9. The molecule has 296 valence electrons. The Morgan fingerprint density at radius 2 is 0.695 bits per heavy atom. The number of benzene rings is 6. The van der Waals surface area contributed by atoms with Gasteiger partial charge in [0.1, 0.15) is 17.2 Å². The molecule has 0 spiro atoms. The Bertz CT molecular complexity index is 2780. The second-order valence-corrected chi connectivity index (χ2v) is 17.8. The molecule has 0 atom stereocenters. The first kappa shape index (κ1) is 38.9. The van der Waals surface area contributed by atoms with Crippen molar-refractivity contribution in [2.24, 2.45) is 0 Å². The smallest absolute Gasteiger partial charge is 0.437 e. The van der Waals surface area contributed by atoms with Crippen molar-refractivity contribution in [3.8, 4) is 34.9 Å². The molecule has 0 fully saturated rings. The second kappa shape index (κ2) is 15.9. The van der Waals surface area contributed by atoms with E-state index in [4.69, 9.17) is 28.1 Å². The van der Waals surface area contributed by atoms with E-state index in [2.05, 4.69) is 47.8 Å². The summed E-state index contributed by atoms with van der Waals surface area (Å²) in [5, 5.41) is 2.24. The molecule has 59 heavy (non-hydrogen) atoms. The first-order valence-corrected chi connectivity index (χ1v) is 22.2. The largest absolute Gasteiger partial charge is 0.706 e. The van der Waals surface area contributed by atoms with Gasteiger partial charge in [0.05, 0.1) is 30.0 Å². The van der Waals surface area contributed by atoms with E-state index in [0.29, 0.717) is 33.8 Å². The summed E-state index contributed by atoms with van der Waals surface area (Å²) in [5.74, 6) is 2.14. The quantitative estimate of drug-likeness (QED) is 0.113. The van der Waals surface area contributed by atoms with Crippen LogP contribution in [0.5, 0.6) is 34.9 Å². The average Bonchev–Trinajstić information content (AvgIpc) is 3.85. The van der Waals surface area contributed by atoms with Gasteiger partial charge in [0.2, 0.25) is 17.6 Å². The standard InChI is InChI=1S/C45H33Br3N3O7P/c1-28-16-19-40(34(46)22-28)53-43-25-31-10-4-7-13-37(31)49(43)56-59(52,57-50-38-14-8-5-11-32(38)26-44(50)54-41-20-17-29(2)23-35(41)47)58-51-39-15-9-6-12-33(39)27-45(51)55-42-21-18-30(3)24-36(42)48/h4-27H,1-3H3. The highest BCUT2D eigenvalue weighted by Crippen LogP contribution is 2.47. The Hall–Kier alpha value is -5.59. The Balaban J connectivity index is 1.22. The van der Waals surface area contributed by atoms with Crippen molar-refractivity contribution in [2.75, 3.05) is 0 Å². The molecule has 0 bridgehead atoms. The first-order valence-electron chi connectivity index (χ1n) is 18.3. The van der Waals surface area contributed by atoms with Gasteiger partial charge in [0.25, 0.3) is 0 Å². The lowest BCUT2D eigenvalue weighted by atomic mass is 10.2. The number of aryl methyl sites for hydroxylation is 3. The topological polar surface area (TPSA) is 87.2 Å². The molecule has 0 saturated heterocycles. The van der Waals surface area contributed by atoms with Gasteiger partial charge >= 0.3 is 7.82 Å². The zero-order valence-electron chi connectivity index (χ0n) is 31.6. The van der Waals surface area contributed by atoms with Crippen molar-refractivity contribution >= 4 is 88.3 Å². The van der Waals surface area contributed by atoms with Crippen LogP contribution in [-0.2, 0) is 4.57 Å². The summed E-state index contributed by atoms with van der Waals surface area (Å²) in [6.07, 6.45) is 0. The molecule has 9 rings (SSSR count). The molecule has 14 heteroatoms. The van der Waals surface area contributed by atoms with Crippen LogP contribution in [0.2, 0.25) is 0 Å². The normalized spacial score (nSPS) is 11.6. The zero-order valence-corrected chi connectivity index (χ0v) is 37.3. The van der Waals surface area contributed by atoms with Crippen LogP contribution >= 0.6 is 55.6 Å². The number of nitrogens with zero attached hydrogens (tertiary/aromatic N) is 3. The third-order valence-corrected chi connectivity index (χ3v) is 12.3. The summed E-state index contributed by atoms with van der Waals surface area (Å²) < 4.78 is 61.2. The van der Waals surface area contributed by atoms with Crippen molar-refractivity contribution in [3.05, 3.63) is 176 Å². The Morgan fingerprint density at radius 1 is 0.407 bits per heavy atom. The number of fused-ring (bicyclic) bond motifs is 3. The molecule has 0 aliphatic rings. The predicted molar refractivity (Wildman–Crippen MR) is 240 cm³/mol. The molecule has 0 unspecified atom stereocenters. The lowest BCUT2D eigenvalue weighted by Gasteiger charge is -2.23. The lowest BCUT2D eigenvalue weighted by Crippen LogP contribution is -2.26. The maximum atomic E-state index is 16.0. The molecule has 0 aliphatic heterocycles. The minimum Gasteiger partial charge on any atom is -0.437 e. The molecule has 10 nitrogen and oxygen atoms in total. The SMILES string of the molecule is Cc1ccc(Oc2cc3ccccc3n2OP(=O)(On2c(Oc3ccc(C)cc3Br)cc3ccccc32)On2c(Oc3ccc(C)cc3Br)cc3ccccc32)c(Br)c1. The molecule has 0 aliphatic carbocycles. The Kier molecular flexibility index (Phi) is 10.5. The summed E-state index contributed by atoms with van der Waals surface area (Å²) in [4.78, 5) is 0. The highest BCUT2D eigenvalue weighted by molar-refractivity contribution is 9.11. The van der Waals surface area contributed by atoms with Crippen molar-refractivity contribution in [2.45, 2.75) is 20.8 Å². The van der Waals surface area contributed by atoms with Crippen LogP contribution < -0.4 is 28.1 Å². The Morgan fingerprint density at radius 3 is 0.983 bits per heavy atom. The van der Waals surface area contributed by atoms with Gasteiger partial charge in [0.15, 0.2) is 0 Å². The minimum absolute atomic E-state index is 0.207. The van der Waals surface area contributed by atoms with Crippen molar-refractivity contribution < 1.29 is 32.6 Å². The number of hydrogen-bond acceptors (Lipinski definition) is 7. The monoisotopic (exact) mass is 995 g/mol. The summed E-state index contributed by atoms with van der Waals surface area (Å²) in [6.45, 7) is 5.96. The van der Waals surface area contributed by atoms with E-state index in [-0.39, 0.29) is 17.6 Å². The molecular weight excluding hydrogens is 965 g/mol. The summed E-state index contributed by atoms with van der Waals surface area (Å²) >= 11 is 10.9. The first-order chi connectivity index (χ1) is 28.5. The zero-order chi connectivity index (χ0) is 40.8. The molecule has 0 radical (unpaired) electrons. The van der Waals surface area contributed by atoms with Gasteiger partial charge in [-0.3, -0.25) is 13.9 Å². The third kappa shape index (κ3) is 7.95. The van der Waals surface area contributed by atoms with Gasteiger partial charge in [-0.2, -0.15) is 4.57 Å². The fourth-order valence-corrected chi connectivity index (χ4v) is 9.45. The number of hydrogen-bond donors (Lipinski definition) is 0. The van der Waals surface area contributed by atoms with E-state index in [1.165, 1.54) is 14.2 Å². The van der Waals surface area contributed by atoms with E-state index in [9.17, 15) is 0 Å². The highest BCUT2D eigenvalue weighted by Gasteiger charge is 2.40. The second-order valence-electron chi connectivity index (χ2n) is 13.8. The van der Waals surface area contributed by atoms with E-state index < -0.39 is 7.82 Å². The summed E-state index contributed by atoms with van der Waals surface area (Å²) in [5.41, 5.74) is 4.72. The maximum absolute atomic E-state index is 16.0. The maximum Gasteiger partial charge on any atom is 0.706 e. The molecule has 3 heterocycles. The summed E-state index contributed by atoms with van der Waals surface area (Å²) in [7, 11) is -4.94. The molecule has 0 saturated carbocycles. The van der Waals surface area contributed by atoms with Gasteiger partial charge in [0, 0.05) is 34.4 Å². The van der Waals surface area contributed by atoms with Crippen LogP contribution in [0.25, 0.3) is 32.7 Å². The minimum atomic E-state index is -4.94. The van der Waals surface area contributed by atoms with Gasteiger partial charge in [-0.1, -0.05) is 72.8 Å². The molecule has 6 aromatic carbocycles. The number of rotatable bonds is 12. The van der Waals surface area contributed by atoms with Gasteiger partial charge in [-0.15, -0.1) is 14.2 Å². The van der Waals surface area contributed by atoms with E-state index >= 15 is 4.57 Å². The van der Waals surface area contributed by atoms with E-state index in [1.54, 1.807) is 18.2 Å². The third-order valence-electron chi connectivity index (χ3n) is 9.35. The number of aromatic nitrogens is 3. The number of para-hydroxylation sites is 3. The average molecular weight is 998 g/mol. The van der Waals surface area contributed by atoms with Gasteiger partial charge < -0.3 is 14.2 Å². The van der Waals surface area contributed by atoms with E-state index in [0.717, 1.165) is 46.3 Å². The van der Waals surface area contributed by atoms with Crippen LogP contribution in [0.4, 0.5) is 0 Å². The number of phosphoric acid groups is 1. The fourth-order valence-electron chi connectivity index (χ4n) is 6.53. The number of halogens is 3. The van der Waals surface area contributed by atoms with Crippen molar-refractivity contribution in [1.29, 1.82) is 0 Å². The number of ether oxygens (including phenoxy) is 3. The molecular formula is C45H33Br3N3O7P. The van der Waals surface area contributed by atoms with Crippen LogP contribution in [0, 0.1) is 20.8 Å². The fraction of sp³-hybridized carbons (Fsp3) is 0.0667.